The van der Waals surface area contributed by atoms with E-state index in [0.29, 0.717) is 28.9 Å². The van der Waals surface area contributed by atoms with Crippen LogP contribution in [0.15, 0.2) is 133 Å². The van der Waals surface area contributed by atoms with Gasteiger partial charge >= 0.3 is 0 Å². The quantitative estimate of drug-likeness (QED) is 0.116. The first-order valence-corrected chi connectivity index (χ1v) is 17.2. The molecular formula is C43H44N2O6. The molecule has 8 heteroatoms. The van der Waals surface area contributed by atoms with Gasteiger partial charge in [0.25, 0.3) is 5.91 Å². The summed E-state index contributed by atoms with van der Waals surface area (Å²) in [6.07, 6.45) is -2.38. The van der Waals surface area contributed by atoms with Gasteiger partial charge < -0.3 is 25.0 Å². The molecule has 5 aromatic rings. The standard InChI is InChI=1S/C43H44N2O6/c1-28(40(48)32-14-8-5-9-15-32)45(3)26-38-39(31-12-6-4-7-13-31)41(33-22-20-30(27-46)21-23-33)51-43(50-38)36-18-10-17-35(24-36)42(49)44-37-19-11-16-34(25-37)29(2)47/h4-25,28,38-41,43,46,48H,26-27H2,1-3H3,(H,44,49)/t28-,38+,39+,40-,41-,43?/m0/s1. The molecule has 0 radical (unpaired) electrons. The lowest BCUT2D eigenvalue weighted by Gasteiger charge is -2.45. The van der Waals surface area contributed by atoms with Gasteiger partial charge in [-0.1, -0.05) is 109 Å². The van der Waals surface area contributed by atoms with E-state index in [9.17, 15) is 19.8 Å². The molecule has 0 aromatic heterocycles. The molecule has 1 amide bonds. The van der Waals surface area contributed by atoms with Gasteiger partial charge in [0.15, 0.2) is 12.1 Å². The topological polar surface area (TPSA) is 108 Å². The second kappa shape index (κ2) is 16.4. The van der Waals surface area contributed by atoms with Gasteiger partial charge in [-0.3, -0.25) is 14.5 Å². The minimum absolute atomic E-state index is 0.0669. The molecule has 1 aliphatic heterocycles. The second-order valence-corrected chi connectivity index (χ2v) is 13.2. The van der Waals surface area contributed by atoms with Crippen LogP contribution in [0.3, 0.4) is 0 Å². The van der Waals surface area contributed by atoms with Crippen LogP contribution < -0.4 is 5.32 Å². The maximum atomic E-state index is 13.5. The van der Waals surface area contributed by atoms with Crippen molar-refractivity contribution in [2.24, 2.45) is 0 Å². The number of rotatable bonds is 12. The molecule has 1 saturated heterocycles. The van der Waals surface area contributed by atoms with Crippen LogP contribution in [0, 0.1) is 0 Å². The zero-order valence-corrected chi connectivity index (χ0v) is 29.1. The Balaban J connectivity index is 1.34. The summed E-state index contributed by atoms with van der Waals surface area (Å²) in [5.41, 5.74) is 5.73. The van der Waals surface area contributed by atoms with Gasteiger partial charge in [-0.15, -0.1) is 0 Å². The fourth-order valence-corrected chi connectivity index (χ4v) is 6.63. The summed E-state index contributed by atoms with van der Waals surface area (Å²) < 4.78 is 13.7. The smallest absolute Gasteiger partial charge is 0.255 e. The summed E-state index contributed by atoms with van der Waals surface area (Å²) in [6, 6.07) is 41.3. The number of likely N-dealkylation sites (N-methyl/N-ethyl adjacent to an activating group) is 1. The fraction of sp³-hybridized carbons (Fsp3) is 0.256. The number of aliphatic hydroxyl groups excluding tert-OH is 2. The summed E-state index contributed by atoms with van der Waals surface area (Å²) in [7, 11) is 1.99. The predicted octanol–water partition coefficient (Wildman–Crippen LogP) is 7.63. The first kappa shape index (κ1) is 35.9. The van der Waals surface area contributed by atoms with Crippen molar-refractivity contribution in [3.05, 3.63) is 172 Å². The van der Waals surface area contributed by atoms with Crippen LogP contribution >= 0.6 is 0 Å². The number of Topliss-reactive ketones (excluding diaryl/α,β-unsaturated/α-hetero) is 1. The highest BCUT2D eigenvalue weighted by Crippen LogP contribution is 2.47. The number of benzene rings is 5. The van der Waals surface area contributed by atoms with Crippen LogP contribution in [-0.2, 0) is 16.1 Å². The maximum absolute atomic E-state index is 13.5. The average molecular weight is 685 g/mol. The third-order valence-electron chi connectivity index (χ3n) is 9.68. The van der Waals surface area contributed by atoms with Gasteiger partial charge in [-0.25, -0.2) is 0 Å². The van der Waals surface area contributed by atoms with E-state index in [-0.39, 0.29) is 30.3 Å². The molecule has 3 N–H and O–H groups in total. The highest BCUT2D eigenvalue weighted by molar-refractivity contribution is 6.05. The Morgan fingerprint density at radius 1 is 0.765 bits per heavy atom. The molecule has 262 valence electrons. The van der Waals surface area contributed by atoms with Crippen molar-refractivity contribution >= 4 is 17.4 Å². The van der Waals surface area contributed by atoms with Crippen molar-refractivity contribution in [2.75, 3.05) is 18.9 Å². The number of hydrogen-bond donors (Lipinski definition) is 3. The van der Waals surface area contributed by atoms with Crippen molar-refractivity contribution in [1.82, 2.24) is 4.90 Å². The number of amides is 1. The van der Waals surface area contributed by atoms with Crippen LogP contribution in [-0.4, -0.2) is 52.5 Å². The lowest BCUT2D eigenvalue weighted by atomic mass is 9.83. The molecule has 51 heavy (non-hydrogen) atoms. The normalized spacial score (nSPS) is 20.0. The van der Waals surface area contributed by atoms with Gasteiger partial charge in [0.2, 0.25) is 0 Å². The Morgan fingerprint density at radius 3 is 2.10 bits per heavy atom. The molecule has 0 bridgehead atoms. The van der Waals surface area contributed by atoms with E-state index in [2.05, 4.69) is 22.3 Å². The third kappa shape index (κ3) is 8.51. The predicted molar refractivity (Wildman–Crippen MR) is 197 cm³/mol. The number of carbonyl (C=O) groups excluding carboxylic acids is 2. The van der Waals surface area contributed by atoms with Gasteiger partial charge in [-0.2, -0.15) is 0 Å². The number of ether oxygens (including phenoxy) is 2. The minimum atomic E-state index is -0.825. The first-order valence-electron chi connectivity index (χ1n) is 17.2. The van der Waals surface area contributed by atoms with E-state index < -0.39 is 24.6 Å². The number of carbonyl (C=O) groups is 2. The molecule has 8 nitrogen and oxygen atoms in total. The Kier molecular flexibility index (Phi) is 11.5. The van der Waals surface area contributed by atoms with Crippen LogP contribution in [0.4, 0.5) is 5.69 Å². The number of aliphatic hydroxyl groups is 2. The Hall–Kier alpha value is -4.96. The maximum Gasteiger partial charge on any atom is 0.255 e. The molecule has 0 spiro atoms. The fourth-order valence-electron chi connectivity index (χ4n) is 6.63. The van der Waals surface area contributed by atoms with E-state index >= 15 is 0 Å². The molecule has 1 unspecified atom stereocenters. The summed E-state index contributed by atoms with van der Waals surface area (Å²) >= 11 is 0. The van der Waals surface area contributed by atoms with Crippen molar-refractivity contribution in [2.45, 2.75) is 57.0 Å². The molecule has 1 aliphatic rings. The third-order valence-corrected chi connectivity index (χ3v) is 9.68. The number of nitrogens with zero attached hydrogens (tertiary/aromatic N) is 1. The molecule has 1 fully saturated rings. The van der Waals surface area contributed by atoms with E-state index in [4.69, 9.17) is 9.47 Å². The summed E-state index contributed by atoms with van der Waals surface area (Å²) in [5, 5.41) is 24.0. The van der Waals surface area contributed by atoms with E-state index in [1.165, 1.54) is 6.92 Å². The van der Waals surface area contributed by atoms with Crippen molar-refractivity contribution < 1.29 is 29.3 Å². The van der Waals surface area contributed by atoms with E-state index in [1.54, 1.807) is 42.5 Å². The molecule has 1 heterocycles. The van der Waals surface area contributed by atoms with Gasteiger partial charge in [-0.05, 0) is 67.4 Å². The van der Waals surface area contributed by atoms with Gasteiger partial charge in [0.05, 0.1) is 24.9 Å². The largest absolute Gasteiger partial charge is 0.392 e. The zero-order chi connectivity index (χ0) is 35.9. The van der Waals surface area contributed by atoms with Crippen LogP contribution in [0.25, 0.3) is 0 Å². The first-order chi connectivity index (χ1) is 24.7. The number of hydrogen-bond acceptors (Lipinski definition) is 7. The van der Waals surface area contributed by atoms with Crippen molar-refractivity contribution in [3.8, 4) is 0 Å². The van der Waals surface area contributed by atoms with Gasteiger partial charge in [0, 0.05) is 40.9 Å². The number of ketones is 1. The Morgan fingerprint density at radius 2 is 1.41 bits per heavy atom. The van der Waals surface area contributed by atoms with Crippen molar-refractivity contribution in [1.29, 1.82) is 0 Å². The molecule has 6 rings (SSSR count). The molecule has 0 aliphatic carbocycles. The molecule has 0 saturated carbocycles. The summed E-state index contributed by atoms with van der Waals surface area (Å²) in [5.74, 6) is -0.643. The van der Waals surface area contributed by atoms with Gasteiger partial charge in [0.1, 0.15) is 0 Å². The Bertz CT molecular complexity index is 1920. The highest BCUT2D eigenvalue weighted by atomic mass is 16.7. The minimum Gasteiger partial charge on any atom is -0.392 e. The second-order valence-electron chi connectivity index (χ2n) is 13.2. The number of nitrogens with one attached hydrogen (secondary N) is 1. The zero-order valence-electron chi connectivity index (χ0n) is 29.1. The van der Waals surface area contributed by atoms with Crippen LogP contribution in [0.1, 0.15) is 86.8 Å². The Labute approximate surface area is 299 Å². The average Bonchev–Trinajstić information content (AvgIpc) is 3.17. The van der Waals surface area contributed by atoms with E-state index in [0.717, 1.165) is 22.3 Å². The molecular weight excluding hydrogens is 640 g/mol. The SMILES string of the molecule is CC(=O)c1cccc(NC(=O)c2cccc(C3O[C@H](CN(C)[C@@H](C)[C@H](O)c4ccccc4)[C@@H](c4ccccc4)[C@H](c4ccc(CO)cc4)O3)c2)c1. The number of anilines is 1. The van der Waals surface area contributed by atoms with Crippen LogP contribution in [0.2, 0.25) is 0 Å². The molecule has 6 atom stereocenters. The van der Waals surface area contributed by atoms with Crippen molar-refractivity contribution in [3.63, 3.8) is 0 Å². The molecule has 5 aromatic carbocycles. The lowest BCUT2D eigenvalue weighted by molar-refractivity contribution is -0.264. The van der Waals surface area contributed by atoms with E-state index in [1.807, 2.05) is 92.8 Å². The summed E-state index contributed by atoms with van der Waals surface area (Å²) in [6.45, 7) is 3.90. The monoisotopic (exact) mass is 684 g/mol. The highest BCUT2D eigenvalue weighted by Gasteiger charge is 2.43. The van der Waals surface area contributed by atoms with Crippen LogP contribution in [0.5, 0.6) is 0 Å². The lowest BCUT2D eigenvalue weighted by Crippen LogP contribution is -2.46. The summed E-state index contributed by atoms with van der Waals surface area (Å²) in [4.78, 5) is 27.5.